The number of hydrogen-bond acceptors (Lipinski definition) is 8. The topological polar surface area (TPSA) is 129 Å². The van der Waals surface area contributed by atoms with Gasteiger partial charge in [0.05, 0.1) is 21.3 Å². The van der Waals surface area contributed by atoms with Crippen LogP contribution in [0.5, 0.6) is 23.0 Å². The van der Waals surface area contributed by atoms with Crippen LogP contribution in [-0.4, -0.2) is 45.4 Å². The van der Waals surface area contributed by atoms with Gasteiger partial charge in [0.25, 0.3) is 0 Å². The summed E-state index contributed by atoms with van der Waals surface area (Å²) in [4.78, 5) is 11.2. The van der Waals surface area contributed by atoms with Gasteiger partial charge < -0.3 is 23.5 Å². The molecule has 27 heavy (non-hydrogen) atoms. The Labute approximate surface area is 158 Å². The van der Waals surface area contributed by atoms with E-state index < -0.39 is 10.4 Å². The lowest BCUT2D eigenvalue weighted by molar-refractivity contribution is -0.140. The van der Waals surface area contributed by atoms with Crippen LogP contribution in [0.3, 0.4) is 0 Å². The second-order valence-corrected chi connectivity index (χ2v) is 6.71. The molecule has 0 heterocycles. The van der Waals surface area contributed by atoms with Crippen LogP contribution in [0.4, 0.5) is 0 Å². The van der Waals surface area contributed by atoms with Crippen molar-refractivity contribution in [3.63, 3.8) is 0 Å². The zero-order valence-corrected chi connectivity index (χ0v) is 16.7. The van der Waals surface area contributed by atoms with Crippen molar-refractivity contribution in [2.75, 3.05) is 21.3 Å². The Kier molecular flexibility index (Phi) is 7.92. The molecular formula is C17H24O9S. The number of carbonyl (C=O) groups is 1. The molecule has 1 aromatic carbocycles. The first-order valence-corrected chi connectivity index (χ1v) is 9.27. The molecule has 0 amide bonds. The molecule has 9 nitrogen and oxygen atoms in total. The Hall–Kier alpha value is -2.46. The van der Waals surface area contributed by atoms with E-state index in [1.165, 1.54) is 21.3 Å². The fourth-order valence-electron chi connectivity index (χ4n) is 2.42. The summed E-state index contributed by atoms with van der Waals surface area (Å²) < 4.78 is 51.1. The molecule has 10 heteroatoms. The Bertz CT molecular complexity index is 826. The van der Waals surface area contributed by atoms with E-state index in [0.29, 0.717) is 12.0 Å². The van der Waals surface area contributed by atoms with Crippen molar-refractivity contribution in [1.29, 1.82) is 0 Å². The SMILES string of the molecule is COC(=O)CCC(C)=CCc1c(C)c(O)c(OC)c(OC)c1OS(=O)(=O)O. The molecule has 0 spiro atoms. The van der Waals surface area contributed by atoms with Crippen LogP contribution in [0, 0.1) is 6.92 Å². The average Bonchev–Trinajstić information content (AvgIpc) is 2.60. The third-order valence-electron chi connectivity index (χ3n) is 3.91. The van der Waals surface area contributed by atoms with Crippen LogP contribution in [0.1, 0.15) is 30.9 Å². The number of phenols is 1. The van der Waals surface area contributed by atoms with Crippen LogP contribution in [-0.2, 0) is 26.4 Å². The van der Waals surface area contributed by atoms with Gasteiger partial charge in [0.2, 0.25) is 11.5 Å². The fraction of sp³-hybridized carbons (Fsp3) is 0.471. The van der Waals surface area contributed by atoms with Gasteiger partial charge in [-0.3, -0.25) is 9.35 Å². The summed E-state index contributed by atoms with van der Waals surface area (Å²) in [7, 11) is -1.04. The maximum Gasteiger partial charge on any atom is 0.446 e. The zero-order valence-electron chi connectivity index (χ0n) is 15.9. The summed E-state index contributed by atoms with van der Waals surface area (Å²) in [6.45, 7) is 3.34. The van der Waals surface area contributed by atoms with Crippen LogP contribution in [0.25, 0.3) is 0 Å². The predicted octanol–water partition coefficient (Wildman–Crippen LogP) is 2.34. The van der Waals surface area contributed by atoms with E-state index in [4.69, 9.17) is 14.0 Å². The molecule has 1 rings (SSSR count). The molecule has 0 aliphatic carbocycles. The minimum Gasteiger partial charge on any atom is -0.504 e. The highest BCUT2D eigenvalue weighted by Gasteiger charge is 2.27. The lowest BCUT2D eigenvalue weighted by Gasteiger charge is -2.19. The number of esters is 1. The number of hydrogen-bond donors (Lipinski definition) is 2. The molecule has 0 atom stereocenters. The van der Waals surface area contributed by atoms with Crippen molar-refractivity contribution >= 4 is 16.4 Å². The van der Waals surface area contributed by atoms with Crippen molar-refractivity contribution in [3.8, 4) is 23.0 Å². The van der Waals surface area contributed by atoms with E-state index in [9.17, 15) is 18.3 Å². The highest BCUT2D eigenvalue weighted by molar-refractivity contribution is 7.81. The van der Waals surface area contributed by atoms with E-state index >= 15 is 0 Å². The molecule has 0 bridgehead atoms. The summed E-state index contributed by atoms with van der Waals surface area (Å²) in [5.74, 6) is -1.17. The summed E-state index contributed by atoms with van der Waals surface area (Å²) in [5, 5.41) is 10.3. The maximum absolute atomic E-state index is 11.3. The van der Waals surface area contributed by atoms with Crippen molar-refractivity contribution < 1.29 is 41.3 Å². The number of methoxy groups -OCH3 is 3. The van der Waals surface area contributed by atoms with E-state index in [-0.39, 0.29) is 47.4 Å². The molecular weight excluding hydrogens is 380 g/mol. The molecule has 0 unspecified atom stereocenters. The molecule has 0 radical (unpaired) electrons. The van der Waals surface area contributed by atoms with Crippen LogP contribution in [0.15, 0.2) is 11.6 Å². The Morgan fingerprint density at radius 1 is 1.07 bits per heavy atom. The molecule has 2 N–H and O–H groups in total. The smallest absolute Gasteiger partial charge is 0.446 e. The number of benzene rings is 1. The Balaban J connectivity index is 3.39. The summed E-state index contributed by atoms with van der Waals surface area (Å²) in [6.07, 6.45) is 2.54. The Morgan fingerprint density at radius 3 is 2.15 bits per heavy atom. The van der Waals surface area contributed by atoms with Gasteiger partial charge in [-0.2, -0.15) is 8.42 Å². The number of rotatable bonds is 9. The van der Waals surface area contributed by atoms with Gasteiger partial charge in [0.1, 0.15) is 0 Å². The first-order chi connectivity index (χ1) is 12.6. The standard InChI is InChI=1S/C17H24O9S/c1-10(7-9-13(18)23-3)6-8-12-11(2)14(19)16(24-4)17(25-5)15(12)26-27(20,21)22/h6,19H,7-9H2,1-5H3,(H,20,21,22). The Morgan fingerprint density at radius 2 is 1.67 bits per heavy atom. The highest BCUT2D eigenvalue weighted by Crippen LogP contribution is 2.49. The van der Waals surface area contributed by atoms with Gasteiger partial charge >= 0.3 is 16.4 Å². The van der Waals surface area contributed by atoms with Crippen LogP contribution in [0.2, 0.25) is 0 Å². The monoisotopic (exact) mass is 404 g/mol. The molecule has 0 aromatic heterocycles. The van der Waals surface area contributed by atoms with Gasteiger partial charge in [0.15, 0.2) is 11.5 Å². The van der Waals surface area contributed by atoms with Crippen molar-refractivity contribution in [3.05, 3.63) is 22.8 Å². The van der Waals surface area contributed by atoms with E-state index in [1.54, 1.807) is 19.9 Å². The number of ether oxygens (including phenoxy) is 3. The lowest BCUT2D eigenvalue weighted by atomic mass is 9.99. The molecule has 1 aromatic rings. The number of carbonyl (C=O) groups excluding carboxylic acids is 1. The molecule has 0 aliphatic rings. The molecule has 0 saturated carbocycles. The maximum atomic E-state index is 11.3. The van der Waals surface area contributed by atoms with E-state index in [0.717, 1.165) is 5.57 Å². The van der Waals surface area contributed by atoms with E-state index in [2.05, 4.69) is 8.92 Å². The van der Waals surface area contributed by atoms with Gasteiger partial charge in [-0.25, -0.2) is 0 Å². The summed E-state index contributed by atoms with van der Waals surface area (Å²) >= 11 is 0. The second kappa shape index (κ2) is 9.47. The minimum atomic E-state index is -4.85. The quantitative estimate of drug-likeness (QED) is 0.362. The largest absolute Gasteiger partial charge is 0.504 e. The van der Waals surface area contributed by atoms with Gasteiger partial charge in [-0.1, -0.05) is 11.6 Å². The van der Waals surface area contributed by atoms with Crippen LogP contribution < -0.4 is 13.7 Å². The van der Waals surface area contributed by atoms with Crippen molar-refractivity contribution in [1.82, 2.24) is 0 Å². The molecule has 0 saturated heterocycles. The zero-order chi connectivity index (χ0) is 20.8. The van der Waals surface area contributed by atoms with Crippen molar-refractivity contribution in [2.45, 2.75) is 33.1 Å². The van der Waals surface area contributed by atoms with Gasteiger partial charge in [0, 0.05) is 17.5 Å². The normalized spacial score (nSPS) is 11.9. The highest BCUT2D eigenvalue weighted by atomic mass is 32.3. The summed E-state index contributed by atoms with van der Waals surface area (Å²) in [6, 6.07) is 0. The number of aromatic hydroxyl groups is 1. The minimum absolute atomic E-state index is 0.121. The number of phenolic OH excluding ortho intramolecular Hbond substituents is 1. The van der Waals surface area contributed by atoms with Crippen LogP contribution >= 0.6 is 0 Å². The average molecular weight is 404 g/mol. The first kappa shape index (κ1) is 22.6. The van der Waals surface area contributed by atoms with Crippen molar-refractivity contribution in [2.24, 2.45) is 0 Å². The third-order valence-corrected chi connectivity index (χ3v) is 4.29. The van der Waals surface area contributed by atoms with Gasteiger partial charge in [-0.05, 0) is 26.7 Å². The fourth-order valence-corrected chi connectivity index (χ4v) is 2.81. The first-order valence-electron chi connectivity index (χ1n) is 7.91. The van der Waals surface area contributed by atoms with E-state index in [1.807, 2.05) is 0 Å². The third kappa shape index (κ3) is 6.04. The lowest BCUT2D eigenvalue weighted by Crippen LogP contribution is -2.11. The number of allylic oxidation sites excluding steroid dienone is 2. The van der Waals surface area contributed by atoms with Gasteiger partial charge in [-0.15, -0.1) is 0 Å². The molecule has 152 valence electrons. The summed E-state index contributed by atoms with van der Waals surface area (Å²) in [5.41, 5.74) is 1.41. The second-order valence-electron chi connectivity index (χ2n) is 5.69. The molecule has 0 fully saturated rings. The molecule has 0 aliphatic heterocycles. The predicted molar refractivity (Wildman–Crippen MR) is 96.8 cm³/mol.